The Balaban J connectivity index is 2.70. The van der Waals surface area contributed by atoms with E-state index in [4.69, 9.17) is 4.42 Å². The number of benzene rings is 2. The summed E-state index contributed by atoms with van der Waals surface area (Å²) in [4.78, 5) is 11.8. The zero-order chi connectivity index (χ0) is 14.6. The lowest BCUT2D eigenvalue weighted by Gasteiger charge is -2.08. The van der Waals surface area contributed by atoms with E-state index in [-0.39, 0.29) is 21.7 Å². The second-order valence-corrected chi connectivity index (χ2v) is 4.21. The third-order valence-electron chi connectivity index (χ3n) is 3.05. The van der Waals surface area contributed by atoms with Gasteiger partial charge in [-0.25, -0.2) is 4.79 Å². The van der Waals surface area contributed by atoms with Crippen molar-refractivity contribution in [1.82, 2.24) is 0 Å². The fourth-order valence-corrected chi connectivity index (χ4v) is 2.09. The first-order valence-electron chi connectivity index (χ1n) is 5.47. The molecule has 7 nitrogen and oxygen atoms in total. The van der Waals surface area contributed by atoms with E-state index in [1.54, 1.807) is 0 Å². The lowest BCUT2D eigenvalue weighted by atomic mass is 10.0. The van der Waals surface area contributed by atoms with Crippen molar-refractivity contribution >= 4 is 21.7 Å². The average molecular weight is 276 g/mol. The first kappa shape index (κ1) is 12.0. The van der Waals surface area contributed by atoms with Gasteiger partial charge < -0.3 is 29.9 Å². The molecule has 7 heteroatoms. The molecule has 0 saturated carbocycles. The van der Waals surface area contributed by atoms with Crippen LogP contribution in [-0.4, -0.2) is 25.5 Å². The molecule has 0 spiro atoms. The molecule has 0 atom stereocenters. The molecule has 2 aromatic carbocycles. The first-order chi connectivity index (χ1) is 9.41. The molecule has 20 heavy (non-hydrogen) atoms. The summed E-state index contributed by atoms with van der Waals surface area (Å²) in [5.41, 5.74) is -1.28. The van der Waals surface area contributed by atoms with Crippen molar-refractivity contribution in [3.8, 4) is 28.7 Å². The van der Waals surface area contributed by atoms with Gasteiger partial charge in [-0.3, -0.25) is 0 Å². The minimum atomic E-state index is -0.945. The Morgan fingerprint density at radius 2 is 1.50 bits per heavy atom. The number of rotatable bonds is 0. The van der Waals surface area contributed by atoms with Crippen LogP contribution in [0.15, 0.2) is 27.4 Å². The van der Waals surface area contributed by atoms with Crippen molar-refractivity contribution in [2.45, 2.75) is 0 Å². The summed E-state index contributed by atoms with van der Waals surface area (Å²) in [6, 6.07) is 3.38. The number of phenolic OH excluding ortho intramolecular Hbond substituents is 5. The molecule has 1 aromatic heterocycles. The molecule has 0 bridgehead atoms. The summed E-state index contributed by atoms with van der Waals surface area (Å²) in [6.45, 7) is 0. The van der Waals surface area contributed by atoms with E-state index < -0.39 is 34.4 Å². The molecule has 0 aliphatic carbocycles. The van der Waals surface area contributed by atoms with Crippen LogP contribution in [-0.2, 0) is 0 Å². The molecular weight excluding hydrogens is 268 g/mol. The normalized spacial score (nSPS) is 11.2. The second kappa shape index (κ2) is 3.70. The maximum atomic E-state index is 11.8. The SMILES string of the molecule is O=c1oc2c(O)c(O)ccc2c2c(O)c(O)c(O)cc12. The Hall–Kier alpha value is -3.09. The predicted molar refractivity (Wildman–Crippen MR) is 68.3 cm³/mol. The fourth-order valence-electron chi connectivity index (χ4n) is 2.09. The standard InChI is InChI=1S/C13H8O7/c14-6-2-1-4-8-5(3-7(15)9(16)11(8)18)13(19)20-12(4)10(6)17/h1-3,14-18H. The summed E-state index contributed by atoms with van der Waals surface area (Å²) in [5.74, 6) is -3.35. The van der Waals surface area contributed by atoms with Crippen molar-refractivity contribution < 1.29 is 29.9 Å². The highest BCUT2D eigenvalue weighted by Gasteiger charge is 2.20. The van der Waals surface area contributed by atoms with Crippen LogP contribution >= 0.6 is 0 Å². The van der Waals surface area contributed by atoms with E-state index in [2.05, 4.69) is 0 Å². The van der Waals surface area contributed by atoms with Crippen LogP contribution in [0.4, 0.5) is 0 Å². The molecule has 3 rings (SSSR count). The van der Waals surface area contributed by atoms with Gasteiger partial charge in [-0.2, -0.15) is 0 Å². The van der Waals surface area contributed by atoms with Gasteiger partial charge in [0.15, 0.2) is 22.8 Å². The highest BCUT2D eigenvalue weighted by atomic mass is 16.4. The van der Waals surface area contributed by atoms with Crippen molar-refractivity contribution in [2.75, 3.05) is 0 Å². The molecule has 3 aromatic rings. The molecule has 0 unspecified atom stereocenters. The van der Waals surface area contributed by atoms with Gasteiger partial charge in [-0.05, 0) is 18.2 Å². The number of hydrogen-bond acceptors (Lipinski definition) is 7. The number of phenols is 5. The number of aromatic hydroxyl groups is 5. The Morgan fingerprint density at radius 3 is 2.20 bits per heavy atom. The maximum Gasteiger partial charge on any atom is 0.344 e. The minimum Gasteiger partial charge on any atom is -0.504 e. The lowest BCUT2D eigenvalue weighted by Crippen LogP contribution is -2.00. The van der Waals surface area contributed by atoms with Crippen molar-refractivity contribution in [1.29, 1.82) is 0 Å². The zero-order valence-corrected chi connectivity index (χ0v) is 9.78. The van der Waals surface area contributed by atoms with Crippen molar-refractivity contribution in [3.63, 3.8) is 0 Å². The number of hydrogen-bond donors (Lipinski definition) is 5. The van der Waals surface area contributed by atoms with Gasteiger partial charge in [0.25, 0.3) is 0 Å². The van der Waals surface area contributed by atoms with Crippen LogP contribution < -0.4 is 5.63 Å². The molecular formula is C13H8O7. The summed E-state index contributed by atoms with van der Waals surface area (Å²) >= 11 is 0. The zero-order valence-electron chi connectivity index (χ0n) is 9.78. The van der Waals surface area contributed by atoms with E-state index in [1.165, 1.54) is 6.07 Å². The Kier molecular flexibility index (Phi) is 2.22. The van der Waals surface area contributed by atoms with Gasteiger partial charge in [0.1, 0.15) is 0 Å². The minimum absolute atomic E-state index is 0.0955. The van der Waals surface area contributed by atoms with Gasteiger partial charge in [-0.1, -0.05) is 0 Å². The molecule has 0 saturated heterocycles. The molecule has 0 aliphatic heterocycles. The monoisotopic (exact) mass is 276 g/mol. The molecule has 0 radical (unpaired) electrons. The van der Waals surface area contributed by atoms with E-state index >= 15 is 0 Å². The largest absolute Gasteiger partial charge is 0.504 e. The van der Waals surface area contributed by atoms with Gasteiger partial charge in [0.05, 0.1) is 5.39 Å². The Morgan fingerprint density at radius 1 is 0.800 bits per heavy atom. The van der Waals surface area contributed by atoms with Gasteiger partial charge in [-0.15, -0.1) is 0 Å². The molecule has 5 N–H and O–H groups in total. The average Bonchev–Trinajstić information content (AvgIpc) is 2.41. The maximum absolute atomic E-state index is 11.8. The molecule has 0 fully saturated rings. The lowest BCUT2D eigenvalue weighted by molar-refractivity contribution is 0.371. The third kappa shape index (κ3) is 1.37. The Labute approximate surface area is 110 Å². The van der Waals surface area contributed by atoms with Crippen LogP contribution in [0.2, 0.25) is 0 Å². The van der Waals surface area contributed by atoms with Gasteiger partial charge in [0, 0.05) is 10.8 Å². The summed E-state index contributed by atoms with van der Waals surface area (Å²) in [5, 5.41) is 47.7. The second-order valence-electron chi connectivity index (χ2n) is 4.21. The highest BCUT2D eigenvalue weighted by Crippen LogP contribution is 2.45. The van der Waals surface area contributed by atoms with Crippen LogP contribution in [0.3, 0.4) is 0 Å². The van der Waals surface area contributed by atoms with Crippen LogP contribution in [0.1, 0.15) is 0 Å². The van der Waals surface area contributed by atoms with Gasteiger partial charge >= 0.3 is 5.63 Å². The predicted octanol–water partition coefficient (Wildman–Crippen LogP) is 1.47. The highest BCUT2D eigenvalue weighted by molar-refractivity contribution is 6.11. The van der Waals surface area contributed by atoms with E-state index in [9.17, 15) is 30.3 Å². The van der Waals surface area contributed by atoms with Gasteiger partial charge in [0.2, 0.25) is 11.5 Å². The van der Waals surface area contributed by atoms with Crippen LogP contribution in [0.25, 0.3) is 21.7 Å². The molecule has 102 valence electrons. The summed E-state index contributed by atoms with van der Waals surface area (Å²) in [6.07, 6.45) is 0. The molecule has 1 heterocycles. The van der Waals surface area contributed by atoms with Crippen LogP contribution in [0, 0.1) is 0 Å². The van der Waals surface area contributed by atoms with E-state index in [1.807, 2.05) is 0 Å². The van der Waals surface area contributed by atoms with Crippen molar-refractivity contribution in [2.24, 2.45) is 0 Å². The smallest absolute Gasteiger partial charge is 0.344 e. The van der Waals surface area contributed by atoms with E-state index in [0.717, 1.165) is 12.1 Å². The first-order valence-corrected chi connectivity index (χ1v) is 5.47. The van der Waals surface area contributed by atoms with Crippen molar-refractivity contribution in [3.05, 3.63) is 28.6 Å². The quantitative estimate of drug-likeness (QED) is 0.238. The molecule has 0 aliphatic rings. The van der Waals surface area contributed by atoms with E-state index in [0.29, 0.717) is 0 Å². The fraction of sp³-hybridized carbons (Fsp3) is 0. The third-order valence-corrected chi connectivity index (χ3v) is 3.05. The summed E-state index contributed by atoms with van der Waals surface area (Å²) < 4.78 is 4.87. The summed E-state index contributed by atoms with van der Waals surface area (Å²) in [7, 11) is 0. The molecule has 0 amide bonds. The van der Waals surface area contributed by atoms with Crippen LogP contribution in [0.5, 0.6) is 28.7 Å². The number of fused-ring (bicyclic) bond motifs is 3. The topological polar surface area (TPSA) is 131 Å². The Bertz CT molecular complexity index is 924.